The Balaban J connectivity index is 1.65. The van der Waals surface area contributed by atoms with Gasteiger partial charge in [0.15, 0.2) is 0 Å². The summed E-state index contributed by atoms with van der Waals surface area (Å²) in [5, 5.41) is 0.687. The predicted molar refractivity (Wildman–Crippen MR) is 92.8 cm³/mol. The summed E-state index contributed by atoms with van der Waals surface area (Å²) in [5.41, 5.74) is 0.828. The zero-order valence-electron chi connectivity index (χ0n) is 13.8. The summed E-state index contributed by atoms with van der Waals surface area (Å²) in [5.74, 6) is 0.877. The Hall–Kier alpha value is -2.47. The molecule has 3 aromatic rings. The van der Waals surface area contributed by atoms with Gasteiger partial charge in [0.1, 0.15) is 5.82 Å². The molecule has 6 heteroatoms. The zero-order chi connectivity index (χ0) is 16.5. The molecule has 3 heterocycles. The fourth-order valence-electron chi connectivity index (χ4n) is 3.58. The average molecular weight is 323 g/mol. The molecular formula is C18H21N5O. The van der Waals surface area contributed by atoms with Crippen LogP contribution >= 0.6 is 0 Å². The lowest BCUT2D eigenvalue weighted by molar-refractivity contribution is 0.234. The minimum Gasteiger partial charge on any atom is -0.336 e. The molecule has 1 unspecified atom stereocenters. The second-order valence-electron chi connectivity index (χ2n) is 6.35. The van der Waals surface area contributed by atoms with Crippen molar-refractivity contribution < 1.29 is 0 Å². The maximum atomic E-state index is 12.6. The molecule has 1 fully saturated rings. The summed E-state index contributed by atoms with van der Waals surface area (Å²) >= 11 is 0. The van der Waals surface area contributed by atoms with Gasteiger partial charge in [-0.05, 0) is 31.5 Å². The van der Waals surface area contributed by atoms with Crippen molar-refractivity contribution in [3.05, 3.63) is 59.2 Å². The highest BCUT2D eigenvalue weighted by Gasteiger charge is 2.29. The minimum absolute atomic E-state index is 0.0389. The van der Waals surface area contributed by atoms with Gasteiger partial charge in [-0.1, -0.05) is 12.1 Å². The molecule has 1 aliphatic rings. The van der Waals surface area contributed by atoms with Crippen LogP contribution in [0.3, 0.4) is 0 Å². The molecule has 2 aromatic heterocycles. The number of rotatable bonds is 4. The van der Waals surface area contributed by atoms with Crippen molar-refractivity contribution in [1.82, 2.24) is 24.0 Å². The van der Waals surface area contributed by atoms with Gasteiger partial charge in [0.2, 0.25) is 0 Å². The third-order valence-electron chi connectivity index (χ3n) is 4.88. The lowest BCUT2D eigenvalue weighted by atomic mass is 10.1. The highest BCUT2D eigenvalue weighted by atomic mass is 16.1. The molecule has 1 saturated heterocycles. The van der Waals surface area contributed by atoms with Crippen molar-refractivity contribution in [3.8, 4) is 0 Å². The van der Waals surface area contributed by atoms with Gasteiger partial charge in [0.25, 0.3) is 5.56 Å². The molecule has 0 radical (unpaired) electrons. The zero-order valence-corrected chi connectivity index (χ0v) is 13.8. The Morgan fingerprint density at radius 1 is 1.25 bits per heavy atom. The van der Waals surface area contributed by atoms with Crippen LogP contribution in [0.25, 0.3) is 10.9 Å². The van der Waals surface area contributed by atoms with E-state index in [1.54, 1.807) is 10.8 Å². The number of benzene rings is 1. The number of imidazole rings is 1. The topological polar surface area (TPSA) is 56.0 Å². The van der Waals surface area contributed by atoms with Gasteiger partial charge in [0.05, 0.1) is 23.3 Å². The van der Waals surface area contributed by atoms with Gasteiger partial charge in [-0.15, -0.1) is 0 Å². The van der Waals surface area contributed by atoms with E-state index in [1.165, 1.54) is 0 Å². The molecule has 1 aliphatic heterocycles. The van der Waals surface area contributed by atoms with Gasteiger partial charge in [-0.3, -0.25) is 14.3 Å². The number of nitrogens with zero attached hydrogens (tertiary/aromatic N) is 5. The standard InChI is InChI=1S/C18H21N5O/c1-21-17(20-15-6-3-2-5-14(15)18(21)24)16-7-4-9-23(16)12-11-22-10-8-19-13-22/h2-3,5-6,8,10,13,16H,4,7,9,11-12H2,1H3. The Kier molecular flexibility index (Phi) is 3.90. The van der Waals surface area contributed by atoms with E-state index in [-0.39, 0.29) is 11.6 Å². The molecule has 124 valence electrons. The Morgan fingerprint density at radius 2 is 2.12 bits per heavy atom. The van der Waals surface area contributed by atoms with Crippen LogP contribution in [0.2, 0.25) is 0 Å². The average Bonchev–Trinajstić information content (AvgIpc) is 3.27. The van der Waals surface area contributed by atoms with Gasteiger partial charge < -0.3 is 4.57 Å². The van der Waals surface area contributed by atoms with E-state index < -0.39 is 0 Å². The van der Waals surface area contributed by atoms with Crippen molar-refractivity contribution >= 4 is 10.9 Å². The number of fused-ring (bicyclic) bond motifs is 1. The lowest BCUT2D eigenvalue weighted by Crippen LogP contribution is -2.32. The van der Waals surface area contributed by atoms with E-state index in [0.29, 0.717) is 5.39 Å². The first-order valence-electron chi connectivity index (χ1n) is 8.39. The highest BCUT2D eigenvalue weighted by molar-refractivity contribution is 5.77. The minimum atomic E-state index is 0.0389. The summed E-state index contributed by atoms with van der Waals surface area (Å²) in [6.45, 7) is 2.88. The number of likely N-dealkylation sites (tertiary alicyclic amines) is 1. The van der Waals surface area contributed by atoms with Crippen LogP contribution in [-0.4, -0.2) is 37.1 Å². The second kappa shape index (κ2) is 6.20. The van der Waals surface area contributed by atoms with E-state index in [2.05, 4.69) is 14.5 Å². The van der Waals surface area contributed by atoms with Crippen LogP contribution in [0.15, 0.2) is 47.8 Å². The van der Waals surface area contributed by atoms with Crippen molar-refractivity contribution in [2.24, 2.45) is 7.05 Å². The Morgan fingerprint density at radius 3 is 2.96 bits per heavy atom. The predicted octanol–water partition coefficient (Wildman–Crippen LogP) is 1.97. The number of para-hydroxylation sites is 1. The highest BCUT2D eigenvalue weighted by Crippen LogP contribution is 2.30. The maximum Gasteiger partial charge on any atom is 0.261 e. The van der Waals surface area contributed by atoms with Gasteiger partial charge >= 0.3 is 0 Å². The molecule has 6 nitrogen and oxygen atoms in total. The lowest BCUT2D eigenvalue weighted by Gasteiger charge is -2.25. The summed E-state index contributed by atoms with van der Waals surface area (Å²) in [6, 6.07) is 7.79. The quantitative estimate of drug-likeness (QED) is 0.736. The van der Waals surface area contributed by atoms with E-state index in [4.69, 9.17) is 4.98 Å². The van der Waals surface area contributed by atoms with E-state index in [1.807, 2.05) is 43.8 Å². The molecule has 0 aliphatic carbocycles. The largest absolute Gasteiger partial charge is 0.336 e. The van der Waals surface area contributed by atoms with Crippen LogP contribution < -0.4 is 5.56 Å². The van der Waals surface area contributed by atoms with Crippen LogP contribution in [0.4, 0.5) is 0 Å². The molecular weight excluding hydrogens is 302 g/mol. The molecule has 0 amide bonds. The second-order valence-corrected chi connectivity index (χ2v) is 6.35. The maximum absolute atomic E-state index is 12.6. The number of hydrogen-bond acceptors (Lipinski definition) is 4. The van der Waals surface area contributed by atoms with Crippen LogP contribution in [0, 0.1) is 0 Å². The van der Waals surface area contributed by atoms with Crippen molar-refractivity contribution in [2.75, 3.05) is 13.1 Å². The van der Waals surface area contributed by atoms with E-state index >= 15 is 0 Å². The van der Waals surface area contributed by atoms with Crippen molar-refractivity contribution in [2.45, 2.75) is 25.4 Å². The van der Waals surface area contributed by atoms with Crippen molar-refractivity contribution in [1.29, 1.82) is 0 Å². The fraction of sp³-hybridized carbons (Fsp3) is 0.389. The summed E-state index contributed by atoms with van der Waals surface area (Å²) in [4.78, 5) is 24.0. The number of hydrogen-bond donors (Lipinski definition) is 0. The molecule has 0 spiro atoms. The van der Waals surface area contributed by atoms with Gasteiger partial charge in [-0.25, -0.2) is 9.97 Å². The number of aromatic nitrogens is 4. The first-order valence-corrected chi connectivity index (χ1v) is 8.39. The molecule has 24 heavy (non-hydrogen) atoms. The van der Waals surface area contributed by atoms with Gasteiger partial charge in [0, 0.05) is 32.5 Å². The monoisotopic (exact) mass is 323 g/mol. The van der Waals surface area contributed by atoms with E-state index in [0.717, 1.165) is 43.8 Å². The third-order valence-corrected chi connectivity index (χ3v) is 4.88. The molecule has 4 rings (SSSR count). The summed E-state index contributed by atoms with van der Waals surface area (Å²) in [6.07, 6.45) is 7.81. The Bertz CT molecular complexity index is 899. The SMILES string of the molecule is Cn1c(C2CCCN2CCn2ccnc2)nc2ccccc2c1=O. The molecule has 0 saturated carbocycles. The van der Waals surface area contributed by atoms with Crippen LogP contribution in [0.5, 0.6) is 0 Å². The Labute approximate surface area is 140 Å². The molecule has 0 N–H and O–H groups in total. The van der Waals surface area contributed by atoms with Gasteiger partial charge in [-0.2, -0.15) is 0 Å². The van der Waals surface area contributed by atoms with Crippen molar-refractivity contribution in [3.63, 3.8) is 0 Å². The fourth-order valence-corrected chi connectivity index (χ4v) is 3.58. The van der Waals surface area contributed by atoms with E-state index in [9.17, 15) is 4.79 Å². The van der Waals surface area contributed by atoms with Crippen LogP contribution in [-0.2, 0) is 13.6 Å². The molecule has 0 bridgehead atoms. The molecule has 1 atom stereocenters. The van der Waals surface area contributed by atoms with Crippen LogP contribution in [0.1, 0.15) is 24.7 Å². The third kappa shape index (κ3) is 2.63. The first kappa shape index (κ1) is 15.1. The smallest absolute Gasteiger partial charge is 0.261 e. The normalized spacial score (nSPS) is 18.5. The molecule has 1 aromatic carbocycles. The summed E-state index contributed by atoms with van der Waals surface area (Å²) < 4.78 is 3.81. The first-order chi connectivity index (χ1) is 11.7. The summed E-state index contributed by atoms with van der Waals surface area (Å²) in [7, 11) is 1.84.